The van der Waals surface area contributed by atoms with Crippen LogP contribution in [0.5, 0.6) is 0 Å². The zero-order valence-corrected chi connectivity index (χ0v) is 12.9. The van der Waals surface area contributed by atoms with Gasteiger partial charge in [-0.25, -0.2) is 0 Å². The van der Waals surface area contributed by atoms with E-state index < -0.39 is 23.9 Å². The first-order valence-corrected chi connectivity index (χ1v) is 7.00. The second kappa shape index (κ2) is 6.75. The molecule has 0 amide bonds. The fourth-order valence-electron chi connectivity index (χ4n) is 2.66. The second-order valence-corrected chi connectivity index (χ2v) is 6.48. The third kappa shape index (κ3) is 4.76. The summed E-state index contributed by atoms with van der Waals surface area (Å²) in [6.07, 6.45) is -11.1. The first-order valence-electron chi connectivity index (χ1n) is 7.00. The summed E-state index contributed by atoms with van der Waals surface area (Å²) in [5.74, 6) is -2.01. The molecule has 0 aromatic carbocycles. The van der Waals surface area contributed by atoms with E-state index >= 15 is 0 Å². The molecule has 7 heteroatoms. The number of hydrogen-bond acceptors (Lipinski definition) is 1. The van der Waals surface area contributed by atoms with Crippen molar-refractivity contribution in [2.45, 2.75) is 65.4 Å². The molecule has 0 aromatic heterocycles. The summed E-state index contributed by atoms with van der Waals surface area (Å²) in [4.78, 5) is 0. The van der Waals surface area contributed by atoms with Gasteiger partial charge in [0.2, 0.25) is 0 Å². The van der Waals surface area contributed by atoms with Gasteiger partial charge in [0.05, 0.1) is 0 Å². The molecule has 0 heterocycles. The van der Waals surface area contributed by atoms with E-state index in [-0.39, 0.29) is 18.3 Å². The van der Waals surface area contributed by atoms with E-state index in [0.29, 0.717) is 12.3 Å². The van der Waals surface area contributed by atoms with E-state index in [4.69, 9.17) is 0 Å². The molecule has 0 bridgehead atoms. The van der Waals surface area contributed by atoms with Gasteiger partial charge in [-0.15, -0.1) is 0 Å². The minimum atomic E-state index is -5.74. The predicted molar refractivity (Wildman–Crippen MR) is 68.6 cm³/mol. The molecule has 0 aliphatic heterocycles. The highest BCUT2D eigenvalue weighted by molar-refractivity contribution is 4.98. The molecule has 0 aliphatic carbocycles. The molecule has 3 atom stereocenters. The third-order valence-corrected chi connectivity index (χ3v) is 4.12. The molecule has 0 spiro atoms. The lowest BCUT2D eigenvalue weighted by Crippen LogP contribution is -2.61. The van der Waals surface area contributed by atoms with Crippen molar-refractivity contribution in [3.05, 3.63) is 0 Å². The van der Waals surface area contributed by atoms with Gasteiger partial charge < -0.3 is 5.11 Å². The van der Waals surface area contributed by atoms with Crippen LogP contribution in [0.2, 0.25) is 0 Å². The fourth-order valence-corrected chi connectivity index (χ4v) is 2.66. The average molecular weight is 322 g/mol. The van der Waals surface area contributed by atoms with Crippen molar-refractivity contribution in [3.63, 3.8) is 0 Å². The van der Waals surface area contributed by atoms with E-state index in [0.717, 1.165) is 6.92 Å². The molecule has 128 valence electrons. The smallest absolute Gasteiger partial charge is 0.373 e. The Kier molecular flexibility index (Phi) is 6.60. The van der Waals surface area contributed by atoms with Crippen LogP contribution in [0.25, 0.3) is 0 Å². The van der Waals surface area contributed by atoms with Crippen molar-refractivity contribution < 1.29 is 31.4 Å². The molecule has 0 aromatic rings. The quantitative estimate of drug-likeness (QED) is 0.668. The van der Waals surface area contributed by atoms with Gasteiger partial charge in [0.25, 0.3) is 5.60 Å². The lowest BCUT2D eigenvalue weighted by atomic mass is 9.76. The first-order chi connectivity index (χ1) is 9.14. The van der Waals surface area contributed by atoms with Gasteiger partial charge in [-0.1, -0.05) is 34.6 Å². The topological polar surface area (TPSA) is 20.2 Å². The third-order valence-electron chi connectivity index (χ3n) is 4.12. The van der Waals surface area contributed by atoms with E-state index in [1.807, 2.05) is 13.8 Å². The Hall–Kier alpha value is -0.460. The molecule has 0 fully saturated rings. The Morgan fingerprint density at radius 3 is 1.33 bits per heavy atom. The highest BCUT2D eigenvalue weighted by atomic mass is 19.4. The molecule has 0 saturated carbocycles. The van der Waals surface area contributed by atoms with Crippen LogP contribution >= 0.6 is 0 Å². The van der Waals surface area contributed by atoms with Gasteiger partial charge in [0.15, 0.2) is 0 Å². The molecule has 1 N–H and O–H groups in total. The van der Waals surface area contributed by atoms with Gasteiger partial charge in [-0.3, -0.25) is 0 Å². The molecular weight excluding hydrogens is 298 g/mol. The normalized spacial score (nSPS) is 18.7. The Morgan fingerprint density at radius 2 is 1.05 bits per heavy atom. The number of halogens is 6. The van der Waals surface area contributed by atoms with E-state index in [2.05, 4.69) is 0 Å². The van der Waals surface area contributed by atoms with Crippen molar-refractivity contribution in [2.75, 3.05) is 0 Å². The maximum atomic E-state index is 12.7. The van der Waals surface area contributed by atoms with Crippen molar-refractivity contribution in [3.8, 4) is 0 Å². The Labute approximate surface area is 121 Å². The van der Waals surface area contributed by atoms with Crippen LogP contribution in [-0.4, -0.2) is 23.1 Å². The highest BCUT2D eigenvalue weighted by Gasteiger charge is 2.72. The molecule has 1 nitrogen and oxygen atoms in total. The molecule has 0 aliphatic rings. The molecule has 0 saturated heterocycles. The van der Waals surface area contributed by atoms with Crippen LogP contribution in [0.15, 0.2) is 0 Å². The van der Waals surface area contributed by atoms with Crippen molar-refractivity contribution >= 4 is 0 Å². The largest absolute Gasteiger partial charge is 0.426 e. The lowest BCUT2D eigenvalue weighted by Gasteiger charge is -2.38. The van der Waals surface area contributed by atoms with Gasteiger partial charge in [-0.2, -0.15) is 26.3 Å². The molecule has 21 heavy (non-hydrogen) atoms. The highest BCUT2D eigenvalue weighted by Crippen LogP contribution is 2.49. The van der Waals surface area contributed by atoms with Crippen LogP contribution in [-0.2, 0) is 0 Å². The van der Waals surface area contributed by atoms with E-state index in [9.17, 15) is 31.4 Å². The van der Waals surface area contributed by atoms with Crippen LogP contribution in [0, 0.1) is 23.7 Å². The molecule has 0 rings (SSSR count). The minimum Gasteiger partial charge on any atom is -0.373 e. The number of alkyl halides is 6. The summed E-state index contributed by atoms with van der Waals surface area (Å²) in [5, 5.41) is 9.32. The maximum Gasteiger partial charge on any atom is 0.426 e. The number of hydrogen-bond donors (Lipinski definition) is 1. The van der Waals surface area contributed by atoms with Gasteiger partial charge in [0, 0.05) is 5.92 Å². The second-order valence-electron chi connectivity index (χ2n) is 6.48. The zero-order chi connectivity index (χ0) is 17.2. The fraction of sp³-hybridized carbons (Fsp3) is 1.00. The van der Waals surface area contributed by atoms with Crippen molar-refractivity contribution in [2.24, 2.45) is 23.7 Å². The Morgan fingerprint density at radius 1 is 0.714 bits per heavy atom. The summed E-state index contributed by atoms with van der Waals surface area (Å²) in [6, 6.07) is 0. The molecule has 0 radical (unpaired) electrons. The van der Waals surface area contributed by atoms with Crippen LogP contribution in [0.1, 0.15) is 47.5 Å². The molecular formula is C14H24F6O. The predicted octanol–water partition coefficient (Wildman–Crippen LogP) is 5.19. The maximum absolute atomic E-state index is 12.7. The summed E-state index contributed by atoms with van der Waals surface area (Å²) < 4.78 is 76.5. The summed E-state index contributed by atoms with van der Waals surface area (Å²) in [6.45, 7) is 8.11. The Bertz CT molecular complexity index is 306. The Balaban J connectivity index is 5.15. The number of rotatable bonds is 6. The van der Waals surface area contributed by atoms with Crippen LogP contribution in [0.4, 0.5) is 26.3 Å². The standard InChI is InChI=1S/C14H24F6O/c1-8(2)6-9(3)10(4)7-11(5)12(21,13(15,16)17)14(18,19)20/h8-11,21H,6-7H2,1-5H3. The van der Waals surface area contributed by atoms with Crippen LogP contribution in [0.3, 0.4) is 0 Å². The van der Waals surface area contributed by atoms with Gasteiger partial charge in [0.1, 0.15) is 0 Å². The van der Waals surface area contributed by atoms with Gasteiger partial charge in [-0.05, 0) is 30.6 Å². The van der Waals surface area contributed by atoms with E-state index in [1.54, 1.807) is 13.8 Å². The van der Waals surface area contributed by atoms with Crippen molar-refractivity contribution in [1.29, 1.82) is 0 Å². The minimum absolute atomic E-state index is 0.0156. The molecule has 3 unspecified atom stereocenters. The average Bonchev–Trinajstić information content (AvgIpc) is 2.23. The van der Waals surface area contributed by atoms with Crippen molar-refractivity contribution in [1.82, 2.24) is 0 Å². The summed E-state index contributed by atoms with van der Waals surface area (Å²) >= 11 is 0. The van der Waals surface area contributed by atoms with Gasteiger partial charge >= 0.3 is 12.4 Å². The monoisotopic (exact) mass is 322 g/mol. The van der Waals surface area contributed by atoms with E-state index in [1.165, 1.54) is 0 Å². The number of aliphatic hydroxyl groups is 1. The summed E-state index contributed by atoms with van der Waals surface area (Å²) in [5.41, 5.74) is -4.66. The lowest BCUT2D eigenvalue weighted by molar-refractivity contribution is -0.384. The SMILES string of the molecule is CC(C)CC(C)C(C)CC(C)C(O)(C(F)(F)F)C(F)(F)F. The first kappa shape index (κ1) is 20.5. The zero-order valence-electron chi connectivity index (χ0n) is 12.9. The van der Waals surface area contributed by atoms with Crippen LogP contribution < -0.4 is 0 Å². The summed E-state index contributed by atoms with van der Waals surface area (Å²) in [7, 11) is 0.